The van der Waals surface area contributed by atoms with Gasteiger partial charge in [0.25, 0.3) is 0 Å². The van der Waals surface area contributed by atoms with Crippen molar-refractivity contribution >= 4 is 11.9 Å². The summed E-state index contributed by atoms with van der Waals surface area (Å²) in [5.41, 5.74) is 5.28. The van der Waals surface area contributed by atoms with E-state index in [1.165, 1.54) is 0 Å². The Hall–Kier alpha value is -1.34. The number of carbonyl (C=O) groups excluding carboxylic acids is 1. The fourth-order valence-corrected chi connectivity index (χ4v) is 3.43. The van der Waals surface area contributed by atoms with Crippen LogP contribution in [0.2, 0.25) is 0 Å². The molecule has 162 valence electrons. The van der Waals surface area contributed by atoms with Gasteiger partial charge in [0.2, 0.25) is 5.91 Å². The van der Waals surface area contributed by atoms with Crippen LogP contribution in [0.1, 0.15) is 19.3 Å². The van der Waals surface area contributed by atoms with Gasteiger partial charge in [0, 0.05) is 78.3 Å². The highest BCUT2D eigenvalue weighted by Crippen LogP contribution is 2.03. The Morgan fingerprint density at radius 1 is 0.821 bits per heavy atom. The average molecular weight is 401 g/mol. The molecule has 0 aromatic rings. The van der Waals surface area contributed by atoms with E-state index in [2.05, 4.69) is 37.2 Å². The van der Waals surface area contributed by atoms with Gasteiger partial charge in [-0.3, -0.25) is 20.2 Å². The highest BCUT2D eigenvalue weighted by atomic mass is 16.4. The summed E-state index contributed by atoms with van der Waals surface area (Å²) in [5.74, 6) is -1.05. The number of fused-ring (bicyclic) bond motifs is 5. The minimum atomic E-state index is -0.888. The smallest absolute Gasteiger partial charge is 0.303 e. The highest BCUT2D eigenvalue weighted by molar-refractivity contribution is 5.77. The molecule has 11 nitrogen and oxygen atoms in total. The molecule has 0 radical (unpaired) electrons. The van der Waals surface area contributed by atoms with Crippen LogP contribution in [0.25, 0.3) is 0 Å². The standard InChI is InChI=1S/C17H36N8O3/c18-16-10-19-4-6-21-12-17(24-9-8-23-16,13-22-7-5-20-11-16)25-14(26)2-1-3-15(27)28/h19-24H,1-13,18H2,(H,25,26)(H,27,28). The molecule has 0 saturated carbocycles. The maximum Gasteiger partial charge on any atom is 0.303 e. The van der Waals surface area contributed by atoms with Crippen LogP contribution in [0.15, 0.2) is 0 Å². The van der Waals surface area contributed by atoms with Crippen LogP contribution < -0.4 is 43.0 Å². The molecule has 2 aliphatic heterocycles. The summed E-state index contributed by atoms with van der Waals surface area (Å²) in [6.07, 6.45) is 0.496. The number of hydrogen-bond donors (Lipinski definition) is 9. The number of carbonyl (C=O) groups is 2. The molecule has 0 aromatic carbocycles. The number of rotatable bonds is 5. The van der Waals surface area contributed by atoms with Gasteiger partial charge in [-0.05, 0) is 6.42 Å². The molecule has 0 atom stereocenters. The van der Waals surface area contributed by atoms with Gasteiger partial charge < -0.3 is 37.4 Å². The molecule has 0 aliphatic carbocycles. The average Bonchev–Trinajstić information content (AvgIpc) is 2.62. The predicted molar refractivity (Wildman–Crippen MR) is 107 cm³/mol. The first-order valence-electron chi connectivity index (χ1n) is 10.1. The lowest BCUT2D eigenvalue weighted by Gasteiger charge is -2.39. The molecule has 0 unspecified atom stereocenters. The van der Waals surface area contributed by atoms with Gasteiger partial charge in [0.15, 0.2) is 0 Å². The maximum absolute atomic E-state index is 12.5. The second-order valence-electron chi connectivity index (χ2n) is 7.59. The van der Waals surface area contributed by atoms with Crippen molar-refractivity contribution in [3.63, 3.8) is 0 Å². The largest absolute Gasteiger partial charge is 0.481 e. The van der Waals surface area contributed by atoms with Gasteiger partial charge in [-0.25, -0.2) is 0 Å². The fourth-order valence-electron chi connectivity index (χ4n) is 3.43. The van der Waals surface area contributed by atoms with E-state index >= 15 is 0 Å². The number of carboxylic acids is 1. The van der Waals surface area contributed by atoms with Crippen molar-refractivity contribution in [1.29, 1.82) is 0 Å². The summed E-state index contributed by atoms with van der Waals surface area (Å²) >= 11 is 0. The second-order valence-corrected chi connectivity index (χ2v) is 7.59. The highest BCUT2D eigenvalue weighted by Gasteiger charge is 2.32. The molecule has 2 aliphatic rings. The molecule has 2 heterocycles. The van der Waals surface area contributed by atoms with Gasteiger partial charge in [-0.15, -0.1) is 0 Å². The summed E-state index contributed by atoms with van der Waals surface area (Å²) in [7, 11) is 0. The number of amides is 1. The van der Waals surface area contributed by atoms with E-state index in [4.69, 9.17) is 10.8 Å². The molecule has 2 fully saturated rings. The Bertz CT molecular complexity index is 489. The zero-order valence-electron chi connectivity index (χ0n) is 16.5. The zero-order valence-corrected chi connectivity index (χ0v) is 16.5. The monoisotopic (exact) mass is 400 g/mol. The molecular formula is C17H36N8O3. The van der Waals surface area contributed by atoms with E-state index in [0.717, 1.165) is 26.2 Å². The molecule has 0 aromatic heterocycles. The van der Waals surface area contributed by atoms with E-state index < -0.39 is 17.3 Å². The molecule has 28 heavy (non-hydrogen) atoms. The summed E-state index contributed by atoms with van der Waals surface area (Å²) in [6, 6.07) is 0. The third kappa shape index (κ3) is 8.35. The third-order valence-electron chi connectivity index (χ3n) is 4.93. The molecule has 11 heteroatoms. The molecule has 1 amide bonds. The van der Waals surface area contributed by atoms with E-state index in [-0.39, 0.29) is 18.7 Å². The Morgan fingerprint density at radius 2 is 1.36 bits per heavy atom. The van der Waals surface area contributed by atoms with Gasteiger partial charge in [0.05, 0.1) is 5.66 Å². The topological polar surface area (TPSA) is 165 Å². The first kappa shape index (κ1) is 22.9. The minimum Gasteiger partial charge on any atom is -0.481 e. The summed E-state index contributed by atoms with van der Waals surface area (Å²) in [4.78, 5) is 23.1. The number of nitrogens with one attached hydrogen (secondary N) is 7. The molecule has 2 bridgehead atoms. The van der Waals surface area contributed by atoms with E-state index in [0.29, 0.717) is 45.7 Å². The van der Waals surface area contributed by atoms with Crippen molar-refractivity contribution in [2.75, 3.05) is 65.4 Å². The van der Waals surface area contributed by atoms with Crippen molar-refractivity contribution in [2.45, 2.75) is 30.6 Å². The van der Waals surface area contributed by atoms with Gasteiger partial charge >= 0.3 is 5.97 Å². The van der Waals surface area contributed by atoms with Crippen molar-refractivity contribution in [3.05, 3.63) is 0 Å². The molecule has 2 rings (SSSR count). The van der Waals surface area contributed by atoms with E-state index in [1.807, 2.05) is 0 Å². The first-order valence-corrected chi connectivity index (χ1v) is 10.1. The summed E-state index contributed by atoms with van der Waals surface area (Å²) < 4.78 is 0. The first-order chi connectivity index (χ1) is 13.4. The summed E-state index contributed by atoms with van der Waals surface area (Å²) in [5, 5.41) is 32.3. The van der Waals surface area contributed by atoms with Crippen LogP contribution >= 0.6 is 0 Å². The SMILES string of the molecule is NC12CNCCNCC(NC(=O)CCCC(=O)O)(CNCCNC1)NCCN2. The Labute approximate surface area is 166 Å². The Kier molecular flexibility index (Phi) is 9.51. The van der Waals surface area contributed by atoms with E-state index in [9.17, 15) is 9.59 Å². The zero-order chi connectivity index (χ0) is 20.3. The van der Waals surface area contributed by atoms with Crippen LogP contribution in [-0.4, -0.2) is 93.8 Å². The lowest BCUT2D eigenvalue weighted by Crippen LogP contribution is -2.72. The Balaban J connectivity index is 2.06. The van der Waals surface area contributed by atoms with Gasteiger partial charge in [0.1, 0.15) is 5.66 Å². The van der Waals surface area contributed by atoms with Crippen molar-refractivity contribution in [3.8, 4) is 0 Å². The van der Waals surface area contributed by atoms with Gasteiger partial charge in [-0.1, -0.05) is 0 Å². The maximum atomic E-state index is 12.5. The van der Waals surface area contributed by atoms with Crippen LogP contribution in [0.3, 0.4) is 0 Å². The fraction of sp³-hybridized carbons (Fsp3) is 0.882. The number of carboxylic acid groups (broad SMARTS) is 1. The quantitative estimate of drug-likeness (QED) is 0.224. The van der Waals surface area contributed by atoms with Crippen LogP contribution in [0.4, 0.5) is 0 Å². The number of nitrogens with two attached hydrogens (primary N) is 1. The van der Waals surface area contributed by atoms with Crippen LogP contribution in [0.5, 0.6) is 0 Å². The molecule has 2 saturated heterocycles. The molecular weight excluding hydrogens is 364 g/mol. The predicted octanol–water partition coefficient (Wildman–Crippen LogP) is -3.73. The second kappa shape index (κ2) is 11.6. The van der Waals surface area contributed by atoms with Crippen molar-refractivity contribution < 1.29 is 14.7 Å². The lowest BCUT2D eigenvalue weighted by molar-refractivity contribution is -0.137. The van der Waals surface area contributed by atoms with Crippen LogP contribution in [-0.2, 0) is 9.59 Å². The van der Waals surface area contributed by atoms with Crippen LogP contribution in [0, 0.1) is 0 Å². The molecule has 10 N–H and O–H groups in total. The third-order valence-corrected chi connectivity index (χ3v) is 4.93. The normalized spacial score (nSPS) is 30.6. The number of aliphatic carboxylic acids is 1. The molecule has 0 spiro atoms. The van der Waals surface area contributed by atoms with Gasteiger partial charge in [-0.2, -0.15) is 0 Å². The number of hydrogen-bond acceptors (Lipinski definition) is 9. The van der Waals surface area contributed by atoms with E-state index in [1.54, 1.807) is 0 Å². The lowest BCUT2D eigenvalue weighted by atomic mass is 10.1. The minimum absolute atomic E-state index is 0.00973. The Morgan fingerprint density at radius 3 is 1.93 bits per heavy atom. The van der Waals surface area contributed by atoms with Crippen molar-refractivity contribution in [1.82, 2.24) is 37.2 Å². The van der Waals surface area contributed by atoms with Crippen molar-refractivity contribution in [2.24, 2.45) is 5.73 Å². The summed E-state index contributed by atoms with van der Waals surface area (Å²) in [6.45, 7) is 6.67.